The number of aromatic nitrogens is 3. The van der Waals surface area contributed by atoms with Crippen LogP contribution in [-0.2, 0) is 12.8 Å². The maximum Gasteiger partial charge on any atom is 0.297 e. The maximum atomic E-state index is 12.5. The number of nitrogens with zero attached hydrogens (tertiary/aromatic N) is 3. The summed E-state index contributed by atoms with van der Waals surface area (Å²) >= 11 is 11.0. The molecule has 0 aliphatic carbocycles. The fraction of sp³-hybridized carbons (Fsp3) is 0.118. The molecule has 0 fully saturated rings. The Hall–Kier alpha value is -1.83. The Morgan fingerprint density at radius 2 is 1.88 bits per heavy atom. The summed E-state index contributed by atoms with van der Waals surface area (Å²) in [5.74, 6) is 0.843. The van der Waals surface area contributed by atoms with Crippen LogP contribution in [0.2, 0.25) is 5.02 Å². The Balaban J connectivity index is 1.77. The SMILES string of the molecule is Cn1c(SCc2ccc(Br)cc2)nnc(Nc2ccccc2Cl)c1=O. The van der Waals surface area contributed by atoms with E-state index in [0.717, 1.165) is 10.0 Å². The first kappa shape index (κ1) is 18.0. The van der Waals surface area contributed by atoms with E-state index in [2.05, 4.69) is 31.4 Å². The van der Waals surface area contributed by atoms with Crippen LogP contribution in [0.4, 0.5) is 11.5 Å². The number of para-hydroxylation sites is 1. The highest BCUT2D eigenvalue weighted by molar-refractivity contribution is 9.10. The number of nitrogens with one attached hydrogen (secondary N) is 1. The third-order valence-corrected chi connectivity index (χ3v) is 5.39. The lowest BCUT2D eigenvalue weighted by molar-refractivity contribution is 0.666. The van der Waals surface area contributed by atoms with Gasteiger partial charge in [0.25, 0.3) is 5.56 Å². The standard InChI is InChI=1S/C17H14BrClN4OS/c1-23-16(24)15(20-14-5-3-2-4-13(14)19)21-22-17(23)25-10-11-6-8-12(18)9-7-11/h2-9H,10H2,1H3,(H,20,21). The minimum absolute atomic E-state index is 0.142. The molecule has 0 unspecified atom stereocenters. The van der Waals surface area contributed by atoms with Crippen molar-refractivity contribution >= 4 is 50.8 Å². The van der Waals surface area contributed by atoms with Crippen molar-refractivity contribution in [2.75, 3.05) is 5.32 Å². The van der Waals surface area contributed by atoms with E-state index in [1.165, 1.54) is 16.3 Å². The number of benzene rings is 2. The Morgan fingerprint density at radius 1 is 1.16 bits per heavy atom. The lowest BCUT2D eigenvalue weighted by Gasteiger charge is -2.10. The molecule has 2 aromatic carbocycles. The van der Waals surface area contributed by atoms with Gasteiger partial charge in [-0.25, -0.2) is 0 Å². The van der Waals surface area contributed by atoms with Gasteiger partial charge in [0.1, 0.15) is 0 Å². The van der Waals surface area contributed by atoms with Gasteiger partial charge in [-0.1, -0.05) is 63.6 Å². The molecule has 3 rings (SSSR count). The average Bonchev–Trinajstić information content (AvgIpc) is 2.61. The number of hydrogen-bond acceptors (Lipinski definition) is 5. The molecule has 0 bridgehead atoms. The lowest BCUT2D eigenvalue weighted by atomic mass is 10.2. The Labute approximate surface area is 162 Å². The molecule has 0 aliphatic heterocycles. The highest BCUT2D eigenvalue weighted by Crippen LogP contribution is 2.24. The number of thioether (sulfide) groups is 1. The van der Waals surface area contributed by atoms with Crippen molar-refractivity contribution in [3.63, 3.8) is 0 Å². The summed E-state index contributed by atoms with van der Waals surface area (Å²) in [6.07, 6.45) is 0. The summed E-state index contributed by atoms with van der Waals surface area (Å²) in [6, 6.07) is 15.2. The fourth-order valence-electron chi connectivity index (χ4n) is 2.07. The van der Waals surface area contributed by atoms with Crippen LogP contribution in [0.1, 0.15) is 5.56 Å². The summed E-state index contributed by atoms with van der Waals surface area (Å²) in [6.45, 7) is 0. The highest BCUT2D eigenvalue weighted by Gasteiger charge is 2.11. The van der Waals surface area contributed by atoms with Crippen molar-refractivity contribution in [2.24, 2.45) is 7.05 Å². The van der Waals surface area contributed by atoms with Crippen molar-refractivity contribution in [1.82, 2.24) is 14.8 Å². The zero-order valence-electron chi connectivity index (χ0n) is 13.2. The maximum absolute atomic E-state index is 12.5. The fourth-order valence-corrected chi connectivity index (χ4v) is 3.38. The lowest BCUT2D eigenvalue weighted by Crippen LogP contribution is -2.24. The van der Waals surface area contributed by atoms with E-state index >= 15 is 0 Å². The van der Waals surface area contributed by atoms with Crippen LogP contribution in [0.5, 0.6) is 0 Å². The topological polar surface area (TPSA) is 59.8 Å². The first-order chi connectivity index (χ1) is 12.0. The van der Waals surface area contributed by atoms with Gasteiger partial charge >= 0.3 is 0 Å². The van der Waals surface area contributed by atoms with Gasteiger partial charge in [0, 0.05) is 17.3 Å². The van der Waals surface area contributed by atoms with E-state index in [9.17, 15) is 4.79 Å². The molecule has 0 aliphatic rings. The molecule has 0 spiro atoms. The van der Waals surface area contributed by atoms with Crippen LogP contribution in [-0.4, -0.2) is 14.8 Å². The molecule has 0 amide bonds. The van der Waals surface area contributed by atoms with Gasteiger partial charge in [-0.05, 0) is 29.8 Å². The Bertz CT molecular complexity index is 946. The molecule has 0 radical (unpaired) electrons. The van der Waals surface area contributed by atoms with Crippen molar-refractivity contribution in [3.8, 4) is 0 Å². The van der Waals surface area contributed by atoms with Gasteiger partial charge in [-0.15, -0.1) is 10.2 Å². The van der Waals surface area contributed by atoms with E-state index in [1.807, 2.05) is 36.4 Å². The van der Waals surface area contributed by atoms with E-state index in [-0.39, 0.29) is 11.4 Å². The largest absolute Gasteiger partial charge is 0.333 e. The van der Waals surface area contributed by atoms with Crippen LogP contribution >= 0.6 is 39.3 Å². The van der Waals surface area contributed by atoms with Crippen LogP contribution in [0.3, 0.4) is 0 Å². The highest BCUT2D eigenvalue weighted by atomic mass is 79.9. The second-order valence-electron chi connectivity index (χ2n) is 5.22. The third-order valence-electron chi connectivity index (χ3n) is 3.44. The molecule has 1 heterocycles. The van der Waals surface area contributed by atoms with E-state index in [1.54, 1.807) is 19.2 Å². The summed E-state index contributed by atoms with van der Waals surface area (Å²) in [5.41, 5.74) is 1.50. The van der Waals surface area contributed by atoms with Crippen LogP contribution in [0.15, 0.2) is 63.0 Å². The van der Waals surface area contributed by atoms with Gasteiger partial charge in [-0.2, -0.15) is 0 Å². The predicted molar refractivity (Wildman–Crippen MR) is 106 cm³/mol. The smallest absolute Gasteiger partial charge is 0.297 e. The molecule has 0 atom stereocenters. The van der Waals surface area contributed by atoms with Crippen molar-refractivity contribution in [1.29, 1.82) is 0 Å². The van der Waals surface area contributed by atoms with Gasteiger partial charge in [0.2, 0.25) is 5.82 Å². The van der Waals surface area contributed by atoms with Crippen molar-refractivity contribution < 1.29 is 0 Å². The first-order valence-electron chi connectivity index (χ1n) is 7.37. The second kappa shape index (κ2) is 8.03. The first-order valence-corrected chi connectivity index (χ1v) is 9.53. The van der Waals surface area contributed by atoms with Crippen LogP contribution in [0.25, 0.3) is 0 Å². The van der Waals surface area contributed by atoms with E-state index in [4.69, 9.17) is 11.6 Å². The normalized spacial score (nSPS) is 10.7. The Kier molecular flexibility index (Phi) is 5.78. The molecular weight excluding hydrogens is 424 g/mol. The molecule has 1 N–H and O–H groups in total. The number of hydrogen-bond donors (Lipinski definition) is 1. The summed E-state index contributed by atoms with van der Waals surface area (Å²) in [5, 5.41) is 12.2. The third kappa shape index (κ3) is 4.42. The summed E-state index contributed by atoms with van der Waals surface area (Å²) in [7, 11) is 1.68. The molecule has 8 heteroatoms. The molecule has 3 aromatic rings. The summed E-state index contributed by atoms with van der Waals surface area (Å²) < 4.78 is 2.51. The van der Waals surface area contributed by atoms with Gasteiger partial charge < -0.3 is 5.32 Å². The van der Waals surface area contributed by atoms with Gasteiger partial charge in [0.15, 0.2) is 5.16 Å². The van der Waals surface area contributed by atoms with E-state index in [0.29, 0.717) is 21.6 Å². The summed E-state index contributed by atoms with van der Waals surface area (Å²) in [4.78, 5) is 12.5. The minimum Gasteiger partial charge on any atom is -0.333 e. The van der Waals surface area contributed by atoms with Gasteiger partial charge in [-0.3, -0.25) is 9.36 Å². The van der Waals surface area contributed by atoms with Gasteiger partial charge in [0.05, 0.1) is 10.7 Å². The number of anilines is 2. The molecule has 0 saturated heterocycles. The number of halogens is 2. The minimum atomic E-state index is -0.256. The molecule has 25 heavy (non-hydrogen) atoms. The zero-order valence-corrected chi connectivity index (χ0v) is 16.4. The van der Waals surface area contributed by atoms with Crippen LogP contribution in [0, 0.1) is 0 Å². The molecule has 128 valence electrons. The molecule has 5 nitrogen and oxygen atoms in total. The quantitative estimate of drug-likeness (QED) is 0.590. The molecular formula is C17H14BrClN4OS. The van der Waals surface area contributed by atoms with Crippen molar-refractivity contribution in [2.45, 2.75) is 10.9 Å². The van der Waals surface area contributed by atoms with E-state index < -0.39 is 0 Å². The monoisotopic (exact) mass is 436 g/mol. The Morgan fingerprint density at radius 3 is 2.60 bits per heavy atom. The zero-order chi connectivity index (χ0) is 17.8. The van der Waals surface area contributed by atoms with Crippen molar-refractivity contribution in [3.05, 3.63) is 73.9 Å². The number of rotatable bonds is 5. The molecule has 0 saturated carbocycles. The second-order valence-corrected chi connectivity index (χ2v) is 7.48. The average molecular weight is 438 g/mol. The predicted octanol–water partition coefficient (Wildman–Crippen LogP) is 4.63. The molecule has 1 aromatic heterocycles. The van der Waals surface area contributed by atoms with Crippen LogP contribution < -0.4 is 10.9 Å².